The predicted molar refractivity (Wildman–Crippen MR) is 92.4 cm³/mol. The third-order valence-electron chi connectivity index (χ3n) is 3.70. The van der Waals surface area contributed by atoms with Crippen molar-refractivity contribution in [2.24, 2.45) is 0 Å². The highest BCUT2D eigenvalue weighted by atomic mass is 16.2. The van der Waals surface area contributed by atoms with Crippen molar-refractivity contribution in [3.05, 3.63) is 95.8 Å². The Bertz CT molecular complexity index is 768. The van der Waals surface area contributed by atoms with E-state index in [2.05, 4.69) is 4.98 Å². The summed E-state index contributed by atoms with van der Waals surface area (Å²) in [6.07, 6.45) is 3.49. The van der Waals surface area contributed by atoms with E-state index in [0.29, 0.717) is 12.1 Å². The van der Waals surface area contributed by atoms with E-state index in [9.17, 15) is 4.79 Å². The smallest absolute Gasteiger partial charge is 0.258 e. The van der Waals surface area contributed by atoms with E-state index in [0.717, 1.165) is 11.3 Å². The lowest BCUT2D eigenvalue weighted by atomic mass is 10.1. The molecule has 1 aromatic heterocycles. The number of hydrogen-bond donors (Lipinski definition) is 0. The molecule has 2 aromatic carbocycles. The van der Waals surface area contributed by atoms with Gasteiger partial charge in [-0.3, -0.25) is 9.78 Å². The summed E-state index contributed by atoms with van der Waals surface area (Å²) >= 11 is 0. The summed E-state index contributed by atoms with van der Waals surface area (Å²) in [5.41, 5.74) is 3.79. The van der Waals surface area contributed by atoms with Crippen molar-refractivity contribution in [1.82, 2.24) is 4.98 Å². The molecule has 23 heavy (non-hydrogen) atoms. The summed E-state index contributed by atoms with van der Waals surface area (Å²) in [6.45, 7) is 2.55. The van der Waals surface area contributed by atoms with Crippen molar-refractivity contribution >= 4 is 11.6 Å². The Hall–Kier alpha value is -2.94. The van der Waals surface area contributed by atoms with Gasteiger partial charge in [0.1, 0.15) is 0 Å². The van der Waals surface area contributed by atoms with E-state index in [1.54, 1.807) is 17.3 Å². The van der Waals surface area contributed by atoms with E-state index in [1.165, 1.54) is 5.56 Å². The highest BCUT2D eigenvalue weighted by Crippen LogP contribution is 2.20. The molecule has 0 bridgehead atoms. The Labute approximate surface area is 136 Å². The average Bonchev–Trinajstić information content (AvgIpc) is 2.62. The summed E-state index contributed by atoms with van der Waals surface area (Å²) in [6, 6.07) is 21.2. The van der Waals surface area contributed by atoms with Crippen LogP contribution in [0.1, 0.15) is 21.5 Å². The molecule has 1 heterocycles. The zero-order valence-electron chi connectivity index (χ0n) is 13.0. The number of anilines is 1. The van der Waals surface area contributed by atoms with E-state index in [-0.39, 0.29) is 5.91 Å². The van der Waals surface area contributed by atoms with Gasteiger partial charge in [0.2, 0.25) is 0 Å². The fraction of sp³-hybridized carbons (Fsp3) is 0.100. The number of amides is 1. The van der Waals surface area contributed by atoms with Crippen molar-refractivity contribution < 1.29 is 4.79 Å². The van der Waals surface area contributed by atoms with Crippen LogP contribution in [0.5, 0.6) is 0 Å². The number of pyridine rings is 1. The van der Waals surface area contributed by atoms with Crippen LogP contribution in [0, 0.1) is 6.92 Å². The number of nitrogens with zero attached hydrogens (tertiary/aromatic N) is 2. The van der Waals surface area contributed by atoms with E-state index >= 15 is 0 Å². The minimum absolute atomic E-state index is 0.00809. The first kappa shape index (κ1) is 15.0. The van der Waals surface area contributed by atoms with Gasteiger partial charge in [0, 0.05) is 23.6 Å². The summed E-state index contributed by atoms with van der Waals surface area (Å²) in [7, 11) is 0. The molecule has 0 aliphatic rings. The largest absolute Gasteiger partial charge is 0.304 e. The lowest BCUT2D eigenvalue weighted by molar-refractivity contribution is 0.0985. The van der Waals surface area contributed by atoms with Crippen LogP contribution < -0.4 is 4.90 Å². The van der Waals surface area contributed by atoms with Gasteiger partial charge in [-0.25, -0.2) is 0 Å². The van der Waals surface area contributed by atoms with Crippen molar-refractivity contribution in [2.45, 2.75) is 13.5 Å². The van der Waals surface area contributed by atoms with Gasteiger partial charge in [0.05, 0.1) is 6.54 Å². The first-order chi connectivity index (χ1) is 11.2. The molecule has 0 spiro atoms. The van der Waals surface area contributed by atoms with E-state index in [1.807, 2.05) is 73.7 Å². The third-order valence-corrected chi connectivity index (χ3v) is 3.70. The molecule has 0 unspecified atom stereocenters. The van der Waals surface area contributed by atoms with Crippen LogP contribution in [-0.2, 0) is 6.54 Å². The molecule has 0 fully saturated rings. The van der Waals surface area contributed by atoms with Crippen molar-refractivity contribution in [3.63, 3.8) is 0 Å². The molecule has 1 amide bonds. The maximum absolute atomic E-state index is 12.9. The van der Waals surface area contributed by atoms with Gasteiger partial charge in [-0.15, -0.1) is 0 Å². The van der Waals surface area contributed by atoms with Crippen molar-refractivity contribution in [1.29, 1.82) is 0 Å². The zero-order chi connectivity index (χ0) is 16.1. The fourth-order valence-electron chi connectivity index (χ4n) is 2.41. The maximum atomic E-state index is 12.9. The van der Waals surface area contributed by atoms with Crippen LogP contribution in [0.2, 0.25) is 0 Å². The Morgan fingerprint density at radius 3 is 2.22 bits per heavy atom. The van der Waals surface area contributed by atoms with Crippen LogP contribution in [0.3, 0.4) is 0 Å². The maximum Gasteiger partial charge on any atom is 0.258 e. The van der Waals surface area contributed by atoms with E-state index in [4.69, 9.17) is 0 Å². The number of rotatable bonds is 4. The van der Waals surface area contributed by atoms with Crippen molar-refractivity contribution in [3.8, 4) is 0 Å². The fourth-order valence-corrected chi connectivity index (χ4v) is 2.41. The molecule has 3 heteroatoms. The summed E-state index contributed by atoms with van der Waals surface area (Å²) < 4.78 is 0. The Morgan fingerprint density at radius 2 is 1.57 bits per heavy atom. The van der Waals surface area contributed by atoms with Gasteiger partial charge >= 0.3 is 0 Å². The molecule has 0 aliphatic heterocycles. The minimum Gasteiger partial charge on any atom is -0.304 e. The van der Waals surface area contributed by atoms with Gasteiger partial charge < -0.3 is 4.90 Å². The van der Waals surface area contributed by atoms with Gasteiger partial charge in [0.25, 0.3) is 5.91 Å². The number of hydrogen-bond acceptors (Lipinski definition) is 2. The molecule has 0 radical (unpaired) electrons. The Morgan fingerprint density at radius 1 is 0.913 bits per heavy atom. The molecule has 3 aromatic rings. The molecular weight excluding hydrogens is 284 g/mol. The summed E-state index contributed by atoms with van der Waals surface area (Å²) in [4.78, 5) is 18.8. The molecular formula is C20H18N2O. The van der Waals surface area contributed by atoms with Crippen LogP contribution in [0.25, 0.3) is 0 Å². The van der Waals surface area contributed by atoms with Crippen LogP contribution in [-0.4, -0.2) is 10.9 Å². The monoisotopic (exact) mass is 302 g/mol. The van der Waals surface area contributed by atoms with Crippen LogP contribution >= 0.6 is 0 Å². The molecule has 0 saturated carbocycles. The normalized spacial score (nSPS) is 10.3. The summed E-state index contributed by atoms with van der Waals surface area (Å²) in [5, 5.41) is 0. The van der Waals surface area contributed by atoms with E-state index < -0.39 is 0 Å². The molecule has 0 atom stereocenters. The van der Waals surface area contributed by atoms with Gasteiger partial charge in [-0.05, 0) is 48.9 Å². The topological polar surface area (TPSA) is 33.2 Å². The first-order valence-corrected chi connectivity index (χ1v) is 7.56. The SMILES string of the molecule is Cc1ccc(N(Cc2ccncc2)C(=O)c2ccccc2)cc1. The Kier molecular flexibility index (Phi) is 4.48. The second-order valence-electron chi connectivity index (χ2n) is 5.45. The van der Waals surface area contributed by atoms with Crippen LogP contribution in [0.4, 0.5) is 5.69 Å². The highest BCUT2D eigenvalue weighted by molar-refractivity contribution is 6.06. The molecule has 3 rings (SSSR count). The molecule has 0 N–H and O–H groups in total. The Balaban J connectivity index is 1.96. The number of carbonyl (C=O) groups excluding carboxylic acids is 1. The second-order valence-corrected chi connectivity index (χ2v) is 5.45. The minimum atomic E-state index is -0.00809. The molecule has 3 nitrogen and oxygen atoms in total. The van der Waals surface area contributed by atoms with Gasteiger partial charge in [-0.2, -0.15) is 0 Å². The number of carbonyl (C=O) groups is 1. The van der Waals surface area contributed by atoms with Gasteiger partial charge in [-0.1, -0.05) is 35.9 Å². The standard InChI is InChI=1S/C20H18N2O/c1-16-7-9-19(10-8-16)22(15-17-11-13-21-14-12-17)20(23)18-5-3-2-4-6-18/h2-14H,15H2,1H3. The zero-order valence-corrected chi connectivity index (χ0v) is 13.0. The van der Waals surface area contributed by atoms with Crippen LogP contribution in [0.15, 0.2) is 79.1 Å². The molecule has 114 valence electrons. The lowest BCUT2D eigenvalue weighted by Crippen LogP contribution is -2.30. The third kappa shape index (κ3) is 3.64. The second kappa shape index (κ2) is 6.88. The highest BCUT2D eigenvalue weighted by Gasteiger charge is 2.17. The lowest BCUT2D eigenvalue weighted by Gasteiger charge is -2.23. The van der Waals surface area contributed by atoms with Gasteiger partial charge in [0.15, 0.2) is 0 Å². The first-order valence-electron chi connectivity index (χ1n) is 7.56. The average molecular weight is 302 g/mol. The molecule has 0 aliphatic carbocycles. The predicted octanol–water partition coefficient (Wildman–Crippen LogP) is 4.24. The number of aromatic nitrogens is 1. The number of benzene rings is 2. The molecule has 0 saturated heterocycles. The number of aryl methyl sites for hydroxylation is 1. The summed E-state index contributed by atoms with van der Waals surface area (Å²) in [5.74, 6) is -0.00809. The van der Waals surface area contributed by atoms with Crippen molar-refractivity contribution in [2.75, 3.05) is 4.90 Å². The quantitative estimate of drug-likeness (QED) is 0.722.